The van der Waals surface area contributed by atoms with E-state index in [-0.39, 0.29) is 0 Å². The lowest BCUT2D eigenvalue weighted by Gasteiger charge is -2.23. The Hall–Kier alpha value is -6.26. The lowest BCUT2D eigenvalue weighted by atomic mass is 10.0. The molecule has 0 saturated heterocycles. The molecule has 222 valence electrons. The van der Waals surface area contributed by atoms with Crippen LogP contribution in [0.4, 0.5) is 0 Å². The molecule has 0 radical (unpaired) electrons. The van der Waals surface area contributed by atoms with E-state index in [1.165, 1.54) is 32.6 Å². The molecule has 1 N–H and O–H groups in total. The molecule has 0 fully saturated rings. The highest BCUT2D eigenvalue weighted by Crippen LogP contribution is 2.35. The highest BCUT2D eigenvalue weighted by Gasteiger charge is 2.23. The normalized spacial score (nSPS) is 14.6. The minimum absolute atomic E-state index is 0.431. The summed E-state index contributed by atoms with van der Waals surface area (Å²) in [7, 11) is 0. The van der Waals surface area contributed by atoms with Crippen LogP contribution in [0.25, 0.3) is 49.4 Å². The van der Waals surface area contributed by atoms with Crippen LogP contribution < -0.4 is 5.32 Å². The highest BCUT2D eigenvalue weighted by atomic mass is 15.2. The second-order valence-electron chi connectivity index (χ2n) is 11.9. The third-order valence-electron chi connectivity index (χ3n) is 9.02. The monoisotopic (exact) mass is 602 g/mol. The van der Waals surface area contributed by atoms with Crippen molar-refractivity contribution < 1.29 is 0 Å². The van der Waals surface area contributed by atoms with E-state index in [1.54, 1.807) is 0 Å². The predicted molar refractivity (Wildman–Crippen MR) is 196 cm³/mol. The van der Waals surface area contributed by atoms with Crippen molar-refractivity contribution in [3.63, 3.8) is 0 Å². The van der Waals surface area contributed by atoms with Gasteiger partial charge in [-0.05, 0) is 58.3 Å². The maximum Gasteiger partial charge on any atom is 0.169 e. The van der Waals surface area contributed by atoms with Crippen LogP contribution in [0.5, 0.6) is 0 Å². The van der Waals surface area contributed by atoms with Crippen LogP contribution >= 0.6 is 0 Å². The van der Waals surface area contributed by atoms with Gasteiger partial charge in [-0.2, -0.15) is 0 Å². The summed E-state index contributed by atoms with van der Waals surface area (Å²) in [6, 6.07) is 59.8. The van der Waals surface area contributed by atoms with E-state index < -0.39 is 6.17 Å². The molecule has 1 aliphatic heterocycles. The van der Waals surface area contributed by atoms with Gasteiger partial charge in [-0.15, -0.1) is 0 Å². The Morgan fingerprint density at radius 3 is 1.89 bits per heavy atom. The van der Waals surface area contributed by atoms with E-state index in [4.69, 9.17) is 9.98 Å². The van der Waals surface area contributed by atoms with Gasteiger partial charge in [0.1, 0.15) is 11.7 Å². The van der Waals surface area contributed by atoms with Gasteiger partial charge >= 0.3 is 0 Å². The van der Waals surface area contributed by atoms with E-state index in [0.29, 0.717) is 0 Å². The zero-order valence-electron chi connectivity index (χ0n) is 25.6. The molecule has 47 heavy (non-hydrogen) atoms. The molecule has 1 atom stereocenters. The molecule has 0 amide bonds. The molecular weight excluding hydrogens is 573 g/mol. The molecule has 0 spiro atoms. The zero-order valence-corrected chi connectivity index (χ0v) is 25.6. The van der Waals surface area contributed by atoms with Gasteiger partial charge in [0, 0.05) is 33.2 Å². The van der Waals surface area contributed by atoms with E-state index >= 15 is 0 Å². The summed E-state index contributed by atoms with van der Waals surface area (Å²) in [5.74, 6) is 1.61. The maximum absolute atomic E-state index is 5.27. The standard InChI is InChI=1S/C43H30N4/c1-3-12-29(13-4-1)32-16-11-17-33(26-32)41-44-42(34-23-22-30-14-7-8-15-31(30)27-34)46-43(45-41)35-24-25-38-37-20-9-10-21-39(37)47(40(38)28-35)36-18-5-2-6-19-36/h1-28,43H,(H,44,45,46). The topological polar surface area (TPSA) is 41.7 Å². The highest BCUT2D eigenvalue weighted by molar-refractivity contribution is 6.17. The van der Waals surface area contributed by atoms with Crippen LogP contribution in [0.2, 0.25) is 0 Å². The van der Waals surface area contributed by atoms with Crippen LogP contribution in [0.15, 0.2) is 180 Å². The molecule has 0 aliphatic carbocycles. The second-order valence-corrected chi connectivity index (χ2v) is 11.9. The summed E-state index contributed by atoms with van der Waals surface area (Å²) in [6.45, 7) is 0. The van der Waals surface area contributed by atoms with Crippen molar-refractivity contribution in [3.05, 3.63) is 187 Å². The van der Waals surface area contributed by atoms with Crippen molar-refractivity contribution >= 4 is 44.2 Å². The van der Waals surface area contributed by atoms with Gasteiger partial charge < -0.3 is 9.88 Å². The third-order valence-corrected chi connectivity index (χ3v) is 9.02. The van der Waals surface area contributed by atoms with Gasteiger partial charge in [0.15, 0.2) is 6.17 Å². The maximum atomic E-state index is 5.27. The molecule has 1 aromatic heterocycles. The molecule has 0 saturated carbocycles. The summed E-state index contributed by atoms with van der Waals surface area (Å²) in [5, 5.41) is 8.43. The van der Waals surface area contributed by atoms with Crippen LogP contribution in [-0.2, 0) is 0 Å². The number of aliphatic imine (C=N–C) groups is 2. The molecule has 1 unspecified atom stereocenters. The van der Waals surface area contributed by atoms with Crippen molar-refractivity contribution in [2.45, 2.75) is 6.17 Å². The molecule has 9 rings (SSSR count). The van der Waals surface area contributed by atoms with Gasteiger partial charge in [-0.1, -0.05) is 133 Å². The smallest absolute Gasteiger partial charge is 0.169 e. The number of benzene rings is 7. The Morgan fingerprint density at radius 2 is 1.06 bits per heavy atom. The fraction of sp³-hybridized carbons (Fsp3) is 0.0233. The zero-order chi connectivity index (χ0) is 31.2. The predicted octanol–water partition coefficient (Wildman–Crippen LogP) is 10.1. The first-order chi connectivity index (χ1) is 23.3. The molecule has 8 aromatic rings. The number of nitrogens with one attached hydrogen (secondary N) is 1. The van der Waals surface area contributed by atoms with Crippen molar-refractivity contribution in [1.29, 1.82) is 0 Å². The molecule has 2 heterocycles. The Morgan fingerprint density at radius 1 is 0.426 bits per heavy atom. The second kappa shape index (κ2) is 11.3. The number of hydrogen-bond acceptors (Lipinski definition) is 3. The van der Waals surface area contributed by atoms with Gasteiger partial charge in [-0.25, -0.2) is 9.98 Å². The van der Waals surface area contributed by atoms with Gasteiger partial charge in [0.05, 0.1) is 11.0 Å². The molecule has 0 bridgehead atoms. The Bertz CT molecular complexity index is 2490. The Kier molecular flexibility index (Phi) is 6.50. The number of fused-ring (bicyclic) bond motifs is 4. The van der Waals surface area contributed by atoms with Gasteiger partial charge in [0.2, 0.25) is 0 Å². The van der Waals surface area contributed by atoms with E-state index in [1.807, 2.05) is 6.07 Å². The first kappa shape index (κ1) is 27.1. The van der Waals surface area contributed by atoms with Crippen molar-refractivity contribution in [1.82, 2.24) is 9.88 Å². The largest absolute Gasteiger partial charge is 0.324 e. The van der Waals surface area contributed by atoms with Crippen LogP contribution in [-0.4, -0.2) is 16.2 Å². The Balaban J connectivity index is 1.22. The first-order valence-corrected chi connectivity index (χ1v) is 15.9. The van der Waals surface area contributed by atoms with Crippen molar-refractivity contribution in [2.24, 2.45) is 9.98 Å². The summed E-state index contributed by atoms with van der Waals surface area (Å²) >= 11 is 0. The number of para-hydroxylation sites is 2. The number of rotatable bonds is 5. The van der Waals surface area contributed by atoms with E-state index in [0.717, 1.165) is 45.1 Å². The SMILES string of the molecule is c1ccc(-c2cccc(C3=NC(c4ccc5c6ccccc6n(-c6ccccc6)c5c4)N=C(c4ccc5ccccc5c4)N3)c2)cc1. The van der Waals surface area contributed by atoms with Gasteiger partial charge in [0.25, 0.3) is 0 Å². The fourth-order valence-corrected chi connectivity index (χ4v) is 6.71. The molecule has 4 nitrogen and oxygen atoms in total. The van der Waals surface area contributed by atoms with Crippen molar-refractivity contribution in [3.8, 4) is 16.8 Å². The van der Waals surface area contributed by atoms with Gasteiger partial charge in [-0.3, -0.25) is 0 Å². The summed E-state index contributed by atoms with van der Waals surface area (Å²) in [6.07, 6.45) is -0.431. The Labute approximate surface area is 273 Å². The molecule has 4 heteroatoms. The summed E-state index contributed by atoms with van der Waals surface area (Å²) in [4.78, 5) is 10.5. The average Bonchev–Trinajstić information content (AvgIpc) is 3.49. The minimum Gasteiger partial charge on any atom is -0.324 e. The van der Waals surface area contributed by atoms with E-state index in [2.05, 4.69) is 174 Å². The van der Waals surface area contributed by atoms with Crippen molar-refractivity contribution in [2.75, 3.05) is 0 Å². The molecule has 1 aliphatic rings. The number of nitrogens with zero attached hydrogens (tertiary/aromatic N) is 3. The van der Waals surface area contributed by atoms with Crippen LogP contribution in [0.3, 0.4) is 0 Å². The number of amidine groups is 2. The van der Waals surface area contributed by atoms with Crippen LogP contribution in [0.1, 0.15) is 22.9 Å². The summed E-state index contributed by atoms with van der Waals surface area (Å²) in [5.41, 5.74) is 8.84. The molecular formula is C43H30N4. The number of hydrogen-bond donors (Lipinski definition) is 1. The van der Waals surface area contributed by atoms with Crippen LogP contribution in [0, 0.1) is 0 Å². The number of aromatic nitrogens is 1. The third kappa shape index (κ3) is 4.88. The average molecular weight is 603 g/mol. The minimum atomic E-state index is -0.431. The lowest BCUT2D eigenvalue weighted by molar-refractivity contribution is 0.756. The first-order valence-electron chi connectivity index (χ1n) is 15.9. The molecule has 7 aromatic carbocycles. The summed E-state index contributed by atoms with van der Waals surface area (Å²) < 4.78 is 2.34. The lowest BCUT2D eigenvalue weighted by Crippen LogP contribution is -2.36. The quantitative estimate of drug-likeness (QED) is 0.209. The fourth-order valence-electron chi connectivity index (χ4n) is 6.71. The van der Waals surface area contributed by atoms with E-state index in [9.17, 15) is 0 Å².